The van der Waals surface area contributed by atoms with E-state index in [1.807, 2.05) is 20.8 Å². The lowest BCUT2D eigenvalue weighted by Crippen LogP contribution is -2.41. The zero-order chi connectivity index (χ0) is 12.7. The monoisotopic (exact) mass is 248 g/mol. The molecule has 0 aliphatic rings. The summed E-state index contributed by atoms with van der Waals surface area (Å²) in [5.74, 6) is -0.0211. The molecule has 0 bridgehead atoms. The topological polar surface area (TPSA) is 63.4 Å². The number of hydrogen-bond acceptors (Lipinski definition) is 3. The number of hydrogen-bond donors (Lipinski definition) is 1. The molecule has 1 amide bonds. The van der Waals surface area contributed by atoms with E-state index in [0.717, 1.165) is 0 Å². The lowest BCUT2D eigenvalue weighted by molar-refractivity contribution is -0.130. The Morgan fingerprint density at radius 1 is 1.31 bits per heavy atom. The van der Waals surface area contributed by atoms with E-state index in [2.05, 4.69) is 0 Å². The Labute approximate surface area is 101 Å². The van der Waals surface area contributed by atoms with Crippen molar-refractivity contribution in [3.8, 4) is 0 Å². The van der Waals surface area contributed by atoms with Crippen molar-refractivity contribution in [2.75, 3.05) is 19.6 Å². The largest absolute Gasteiger partial charge is 0.342 e. The molecule has 0 fully saturated rings. The van der Waals surface area contributed by atoms with Crippen LogP contribution in [0.25, 0.3) is 0 Å². The van der Waals surface area contributed by atoms with E-state index in [0.29, 0.717) is 26.1 Å². The van der Waals surface area contributed by atoms with Crippen molar-refractivity contribution in [1.29, 1.82) is 0 Å². The Morgan fingerprint density at radius 2 is 1.81 bits per heavy atom. The zero-order valence-electron chi connectivity index (χ0n) is 10.7. The van der Waals surface area contributed by atoms with Crippen LogP contribution in [0.5, 0.6) is 0 Å². The van der Waals surface area contributed by atoms with Crippen LogP contribution in [0.3, 0.4) is 0 Å². The van der Waals surface area contributed by atoms with Gasteiger partial charge in [-0.15, -0.1) is 0 Å². The maximum Gasteiger partial charge on any atom is 0.238 e. The van der Waals surface area contributed by atoms with Crippen LogP contribution in [0.4, 0.5) is 0 Å². The summed E-state index contributed by atoms with van der Waals surface area (Å²) in [7, 11) is -1.13. The highest BCUT2D eigenvalue weighted by Crippen LogP contribution is 2.10. The smallest absolute Gasteiger partial charge is 0.238 e. The molecule has 0 aromatic rings. The van der Waals surface area contributed by atoms with Gasteiger partial charge in [0.2, 0.25) is 5.91 Å². The Balaban J connectivity index is 4.47. The maximum atomic E-state index is 12.0. The molecule has 0 rings (SSSR count). The first-order valence-electron chi connectivity index (χ1n) is 5.87. The quantitative estimate of drug-likeness (QED) is 0.722. The van der Waals surface area contributed by atoms with Crippen LogP contribution < -0.4 is 5.73 Å². The van der Waals surface area contributed by atoms with Crippen molar-refractivity contribution in [2.45, 2.75) is 44.6 Å². The van der Waals surface area contributed by atoms with Crippen LogP contribution in [0.2, 0.25) is 0 Å². The van der Waals surface area contributed by atoms with E-state index in [9.17, 15) is 9.00 Å². The third kappa shape index (κ3) is 4.22. The van der Waals surface area contributed by atoms with Gasteiger partial charge in [-0.2, -0.15) is 0 Å². The lowest BCUT2D eigenvalue weighted by Gasteiger charge is -2.24. The molecule has 0 aliphatic heterocycles. The van der Waals surface area contributed by atoms with Gasteiger partial charge in [0.25, 0.3) is 0 Å². The maximum absolute atomic E-state index is 12.0. The fourth-order valence-electron chi connectivity index (χ4n) is 1.59. The highest BCUT2D eigenvalue weighted by molar-refractivity contribution is 7.87. The summed E-state index contributed by atoms with van der Waals surface area (Å²) in [6, 6.07) is 0. The van der Waals surface area contributed by atoms with Crippen molar-refractivity contribution in [1.82, 2.24) is 4.90 Å². The van der Waals surface area contributed by atoms with Gasteiger partial charge in [0.05, 0.1) is 0 Å². The Kier molecular flexibility index (Phi) is 7.58. The molecule has 0 aromatic heterocycles. The first-order chi connectivity index (χ1) is 7.49. The molecule has 0 radical (unpaired) electrons. The molecule has 5 heteroatoms. The third-order valence-electron chi connectivity index (χ3n) is 2.74. The molecule has 96 valence electrons. The number of carbonyl (C=O) groups excluding carboxylic acids is 1. The summed E-state index contributed by atoms with van der Waals surface area (Å²) >= 11 is 0. The second kappa shape index (κ2) is 7.79. The van der Waals surface area contributed by atoms with Crippen LogP contribution in [-0.2, 0) is 15.6 Å². The van der Waals surface area contributed by atoms with Gasteiger partial charge in [-0.1, -0.05) is 6.92 Å². The molecule has 2 N–H and O–H groups in total. The Morgan fingerprint density at radius 3 is 2.19 bits per heavy atom. The van der Waals surface area contributed by atoms with Gasteiger partial charge in [0.1, 0.15) is 5.25 Å². The van der Waals surface area contributed by atoms with Crippen molar-refractivity contribution >= 4 is 16.7 Å². The van der Waals surface area contributed by atoms with Crippen LogP contribution in [-0.4, -0.2) is 45.2 Å². The Bertz CT molecular complexity index is 242. The van der Waals surface area contributed by atoms with Crippen molar-refractivity contribution < 1.29 is 9.00 Å². The summed E-state index contributed by atoms with van der Waals surface area (Å²) in [5.41, 5.74) is 5.43. The number of carbonyl (C=O) groups is 1. The molecule has 0 aromatic carbocycles. The minimum absolute atomic E-state index is 0.0143. The number of rotatable bonds is 7. The standard InChI is InChI=1S/C11H24N2O2S/c1-5-13(6-2)11(14)10(4)16(15)9(3)7-8-12/h9-10H,5-8,12H2,1-4H3. The van der Waals surface area contributed by atoms with Gasteiger partial charge < -0.3 is 10.6 Å². The summed E-state index contributed by atoms with van der Waals surface area (Å²) in [6.07, 6.45) is 0.697. The summed E-state index contributed by atoms with van der Waals surface area (Å²) < 4.78 is 12.0. The van der Waals surface area contributed by atoms with E-state index in [4.69, 9.17) is 5.73 Å². The molecule has 4 nitrogen and oxygen atoms in total. The first-order valence-corrected chi connectivity index (χ1v) is 7.15. The molecular formula is C11H24N2O2S. The van der Waals surface area contributed by atoms with Crippen LogP contribution in [0, 0.1) is 0 Å². The van der Waals surface area contributed by atoms with Crippen LogP contribution >= 0.6 is 0 Å². The van der Waals surface area contributed by atoms with Crippen molar-refractivity contribution in [2.24, 2.45) is 5.73 Å². The number of nitrogens with zero attached hydrogens (tertiary/aromatic N) is 1. The average molecular weight is 248 g/mol. The minimum atomic E-state index is -1.13. The van der Waals surface area contributed by atoms with Gasteiger partial charge >= 0.3 is 0 Å². The summed E-state index contributed by atoms with van der Waals surface area (Å²) in [4.78, 5) is 13.7. The fourth-order valence-corrected chi connectivity index (χ4v) is 3.00. The van der Waals surface area contributed by atoms with E-state index in [-0.39, 0.29) is 11.2 Å². The predicted molar refractivity (Wildman–Crippen MR) is 68.7 cm³/mol. The van der Waals surface area contributed by atoms with Crippen molar-refractivity contribution in [3.05, 3.63) is 0 Å². The molecule has 0 aliphatic carbocycles. The van der Waals surface area contributed by atoms with E-state index < -0.39 is 16.0 Å². The zero-order valence-corrected chi connectivity index (χ0v) is 11.5. The molecule has 3 atom stereocenters. The van der Waals surface area contributed by atoms with Gasteiger partial charge in [0, 0.05) is 29.1 Å². The van der Waals surface area contributed by atoms with Gasteiger partial charge in [-0.05, 0) is 33.7 Å². The highest BCUT2D eigenvalue weighted by Gasteiger charge is 2.26. The van der Waals surface area contributed by atoms with E-state index >= 15 is 0 Å². The number of nitrogens with two attached hydrogens (primary N) is 1. The van der Waals surface area contributed by atoms with Crippen LogP contribution in [0.15, 0.2) is 0 Å². The second-order valence-corrected chi connectivity index (χ2v) is 6.04. The first kappa shape index (κ1) is 15.6. The molecular weight excluding hydrogens is 224 g/mol. The van der Waals surface area contributed by atoms with Gasteiger partial charge in [-0.25, -0.2) is 0 Å². The van der Waals surface area contributed by atoms with Crippen molar-refractivity contribution in [3.63, 3.8) is 0 Å². The van der Waals surface area contributed by atoms with Crippen LogP contribution in [0.1, 0.15) is 34.1 Å². The summed E-state index contributed by atoms with van der Waals surface area (Å²) in [5, 5.41) is -0.444. The SMILES string of the molecule is CCN(CC)C(=O)C(C)S(=O)C(C)CCN. The summed E-state index contributed by atoms with van der Waals surface area (Å²) in [6.45, 7) is 9.34. The van der Waals surface area contributed by atoms with E-state index in [1.54, 1.807) is 11.8 Å². The second-order valence-electron chi connectivity index (χ2n) is 3.87. The molecule has 16 heavy (non-hydrogen) atoms. The molecule has 0 saturated heterocycles. The minimum Gasteiger partial charge on any atom is -0.342 e. The fraction of sp³-hybridized carbons (Fsp3) is 0.909. The molecule has 3 unspecified atom stereocenters. The molecule has 0 heterocycles. The molecule has 0 spiro atoms. The average Bonchev–Trinajstić information content (AvgIpc) is 2.28. The normalized spacial score (nSPS) is 16.6. The lowest BCUT2D eigenvalue weighted by atomic mass is 10.3. The van der Waals surface area contributed by atoms with E-state index in [1.165, 1.54) is 0 Å². The predicted octanol–water partition coefficient (Wildman–Crippen LogP) is 0.729. The highest BCUT2D eigenvalue weighted by atomic mass is 32.2. The van der Waals surface area contributed by atoms with Gasteiger partial charge in [-0.3, -0.25) is 9.00 Å². The molecule has 0 saturated carbocycles. The number of amides is 1. The third-order valence-corrected chi connectivity index (χ3v) is 4.67. The Hall–Kier alpha value is -0.420. The van der Waals surface area contributed by atoms with Gasteiger partial charge in [0.15, 0.2) is 0 Å².